The molecule has 41 heavy (non-hydrogen) atoms. The predicted octanol–water partition coefficient (Wildman–Crippen LogP) is 0.827. The molecule has 5 N–H and O–H groups in total. The number of aromatic amines is 3. The average molecular weight is 567 g/mol. The van der Waals surface area contributed by atoms with Gasteiger partial charge in [-0.2, -0.15) is 0 Å². The number of aromatic nitrogens is 6. The molecule has 0 aliphatic heterocycles. The summed E-state index contributed by atoms with van der Waals surface area (Å²) >= 11 is 0. The highest BCUT2D eigenvalue weighted by molar-refractivity contribution is 5.79. The normalized spacial score (nSPS) is 13.8. The van der Waals surface area contributed by atoms with E-state index in [-0.39, 0.29) is 30.6 Å². The fraction of sp³-hybridized carbons (Fsp3) is 0.571. The van der Waals surface area contributed by atoms with Gasteiger partial charge in [-0.15, -0.1) is 0 Å². The zero-order valence-corrected chi connectivity index (χ0v) is 23.6. The number of H-pyrrole nitrogens is 3. The second-order valence-corrected chi connectivity index (χ2v) is 10.6. The van der Waals surface area contributed by atoms with Crippen molar-refractivity contribution in [3.63, 3.8) is 0 Å². The summed E-state index contributed by atoms with van der Waals surface area (Å²) < 4.78 is 0. The van der Waals surface area contributed by atoms with E-state index in [1.54, 1.807) is 37.6 Å². The van der Waals surface area contributed by atoms with Gasteiger partial charge >= 0.3 is 0 Å². The van der Waals surface area contributed by atoms with Crippen LogP contribution in [0.4, 0.5) is 0 Å². The summed E-state index contributed by atoms with van der Waals surface area (Å²) in [5, 5.41) is 5.94. The third-order valence-corrected chi connectivity index (χ3v) is 7.45. The number of rotatable bonds is 17. The highest BCUT2D eigenvalue weighted by Gasteiger charge is 2.22. The number of carbonyl (C=O) groups is 3. The molecule has 0 spiro atoms. The van der Waals surface area contributed by atoms with Crippen molar-refractivity contribution in [2.75, 3.05) is 45.8 Å². The second kappa shape index (κ2) is 16.3. The lowest BCUT2D eigenvalue weighted by Gasteiger charge is -2.32. The Morgan fingerprint density at radius 1 is 0.707 bits per heavy atom. The highest BCUT2D eigenvalue weighted by atomic mass is 16.2. The monoisotopic (exact) mass is 566 g/mol. The molecule has 13 nitrogen and oxygen atoms in total. The van der Waals surface area contributed by atoms with Crippen molar-refractivity contribution >= 4 is 17.7 Å². The number of imidazole rings is 3. The van der Waals surface area contributed by atoms with Gasteiger partial charge in [0.15, 0.2) is 0 Å². The molecule has 1 saturated carbocycles. The van der Waals surface area contributed by atoms with Crippen molar-refractivity contribution in [3.05, 3.63) is 54.7 Å². The Hall–Kier alpha value is -4.00. The smallest absolute Gasteiger partial charge is 0.228 e. The molecular formula is C28H42N10O3. The van der Waals surface area contributed by atoms with Crippen LogP contribution in [-0.2, 0) is 33.6 Å². The van der Waals surface area contributed by atoms with Gasteiger partial charge in [0.25, 0.3) is 0 Å². The van der Waals surface area contributed by atoms with Crippen molar-refractivity contribution in [1.29, 1.82) is 0 Å². The first-order chi connectivity index (χ1) is 20.0. The lowest BCUT2D eigenvalue weighted by atomic mass is 9.89. The van der Waals surface area contributed by atoms with Gasteiger partial charge in [0.1, 0.15) is 0 Å². The Kier molecular flexibility index (Phi) is 11.9. The number of hydrogen-bond acceptors (Lipinski definition) is 7. The van der Waals surface area contributed by atoms with Gasteiger partial charge in [0.05, 0.1) is 38.2 Å². The molecule has 3 amide bonds. The Labute approximate surface area is 240 Å². The Morgan fingerprint density at radius 2 is 1.22 bits per heavy atom. The second-order valence-electron chi connectivity index (χ2n) is 10.6. The van der Waals surface area contributed by atoms with Crippen LogP contribution in [0, 0.1) is 5.92 Å². The minimum atomic E-state index is -0.0873. The van der Waals surface area contributed by atoms with E-state index < -0.39 is 0 Å². The molecule has 3 heterocycles. The molecule has 0 radical (unpaired) electrons. The van der Waals surface area contributed by atoms with E-state index >= 15 is 0 Å². The number of nitrogens with one attached hydrogen (secondary N) is 5. The molecule has 222 valence electrons. The Bertz CT molecular complexity index is 1100. The van der Waals surface area contributed by atoms with E-state index in [2.05, 4.69) is 45.4 Å². The molecule has 1 fully saturated rings. The van der Waals surface area contributed by atoms with E-state index in [4.69, 9.17) is 0 Å². The Balaban J connectivity index is 1.31. The molecule has 0 unspecified atom stereocenters. The maximum absolute atomic E-state index is 13.3. The van der Waals surface area contributed by atoms with Crippen LogP contribution >= 0.6 is 0 Å². The molecule has 1 aliphatic rings. The fourth-order valence-electron chi connectivity index (χ4n) is 5.19. The molecular weight excluding hydrogens is 524 g/mol. The van der Waals surface area contributed by atoms with E-state index in [9.17, 15) is 14.4 Å². The van der Waals surface area contributed by atoms with Crippen LogP contribution in [0.1, 0.15) is 49.2 Å². The van der Waals surface area contributed by atoms with Crippen LogP contribution in [0.5, 0.6) is 0 Å². The van der Waals surface area contributed by atoms with Crippen LogP contribution < -0.4 is 10.6 Å². The van der Waals surface area contributed by atoms with Crippen molar-refractivity contribution < 1.29 is 14.4 Å². The van der Waals surface area contributed by atoms with Gasteiger partial charge < -0.3 is 30.5 Å². The zero-order chi connectivity index (χ0) is 28.7. The topological polar surface area (TPSA) is 168 Å². The summed E-state index contributed by atoms with van der Waals surface area (Å²) in [7, 11) is 0. The molecule has 0 aromatic carbocycles. The minimum absolute atomic E-state index is 0.0838. The Morgan fingerprint density at radius 3 is 1.71 bits per heavy atom. The van der Waals surface area contributed by atoms with Gasteiger partial charge in [0, 0.05) is 81.5 Å². The number of amides is 3. The minimum Gasteiger partial charge on any atom is -0.354 e. The van der Waals surface area contributed by atoms with Crippen LogP contribution in [0.15, 0.2) is 37.6 Å². The van der Waals surface area contributed by atoms with Gasteiger partial charge in [-0.25, -0.2) is 15.0 Å². The highest BCUT2D eigenvalue weighted by Crippen LogP contribution is 2.24. The molecule has 0 saturated heterocycles. The maximum atomic E-state index is 13.3. The first-order valence-corrected chi connectivity index (χ1v) is 14.5. The van der Waals surface area contributed by atoms with Crippen LogP contribution in [0.3, 0.4) is 0 Å². The molecule has 0 atom stereocenters. The lowest BCUT2D eigenvalue weighted by molar-refractivity contribution is -0.131. The number of nitrogens with zero attached hydrogens (tertiary/aromatic N) is 5. The summed E-state index contributed by atoms with van der Waals surface area (Å²) in [4.78, 5) is 63.1. The van der Waals surface area contributed by atoms with Crippen molar-refractivity contribution in [2.24, 2.45) is 5.92 Å². The van der Waals surface area contributed by atoms with E-state index in [1.165, 1.54) is 19.3 Å². The lowest BCUT2D eigenvalue weighted by Crippen LogP contribution is -2.46. The average Bonchev–Trinajstić information content (AvgIpc) is 3.76. The summed E-state index contributed by atoms with van der Waals surface area (Å²) in [5.74, 6) is 0.429. The largest absolute Gasteiger partial charge is 0.354 e. The first-order valence-electron chi connectivity index (χ1n) is 14.5. The van der Waals surface area contributed by atoms with E-state index in [0.29, 0.717) is 51.6 Å². The maximum Gasteiger partial charge on any atom is 0.228 e. The summed E-state index contributed by atoms with van der Waals surface area (Å²) in [5.41, 5.74) is 2.32. The quantitative estimate of drug-likeness (QED) is 0.161. The van der Waals surface area contributed by atoms with Gasteiger partial charge in [-0.1, -0.05) is 19.3 Å². The fourth-order valence-corrected chi connectivity index (χ4v) is 5.19. The molecule has 3 aromatic heterocycles. The summed E-state index contributed by atoms with van der Waals surface area (Å²) in [6.45, 7) is 4.07. The summed E-state index contributed by atoms with van der Waals surface area (Å²) in [6.07, 6.45) is 16.5. The third-order valence-electron chi connectivity index (χ3n) is 7.45. The van der Waals surface area contributed by atoms with Crippen LogP contribution in [-0.4, -0.2) is 103 Å². The van der Waals surface area contributed by atoms with Gasteiger partial charge in [-0.3, -0.25) is 19.3 Å². The molecule has 13 heteroatoms. The van der Waals surface area contributed by atoms with Crippen LogP contribution in [0.2, 0.25) is 0 Å². The standard InChI is InChI=1S/C28H42N10O3/c39-26(12-23-15-29-19-34-23)32-6-8-37(9-7-33-27(40)13-24-16-30-20-35-24)10-11-38(18-22-4-2-1-3-5-22)28(41)14-25-17-31-21-36-25/h15-17,19-22H,1-14,18H2,(H,29,34)(H,30,35)(H,31,36)(H,32,39)(H,33,40). The summed E-state index contributed by atoms with van der Waals surface area (Å²) in [6, 6.07) is 0. The third kappa shape index (κ3) is 10.8. The van der Waals surface area contributed by atoms with E-state index in [0.717, 1.165) is 36.5 Å². The first kappa shape index (κ1) is 30.0. The van der Waals surface area contributed by atoms with E-state index in [1.807, 2.05) is 4.90 Å². The number of carbonyl (C=O) groups excluding carboxylic acids is 3. The van der Waals surface area contributed by atoms with Crippen molar-refractivity contribution in [2.45, 2.75) is 51.4 Å². The SMILES string of the molecule is O=C(Cc1cnc[nH]1)NCCN(CCNC(=O)Cc1cnc[nH]1)CCN(CC1CCCCC1)C(=O)Cc1cnc[nH]1. The predicted molar refractivity (Wildman–Crippen MR) is 152 cm³/mol. The number of hydrogen-bond donors (Lipinski definition) is 5. The zero-order valence-electron chi connectivity index (χ0n) is 23.6. The molecule has 4 rings (SSSR count). The molecule has 3 aromatic rings. The molecule has 0 bridgehead atoms. The van der Waals surface area contributed by atoms with Gasteiger partial charge in [0.2, 0.25) is 17.7 Å². The van der Waals surface area contributed by atoms with Crippen molar-refractivity contribution in [1.82, 2.24) is 50.3 Å². The molecule has 1 aliphatic carbocycles. The van der Waals surface area contributed by atoms with Gasteiger partial charge in [-0.05, 0) is 18.8 Å². The van der Waals surface area contributed by atoms with Crippen LogP contribution in [0.25, 0.3) is 0 Å². The van der Waals surface area contributed by atoms with Crippen molar-refractivity contribution in [3.8, 4) is 0 Å².